The molecule has 85 heavy (non-hydrogen) atoms. The van der Waals surface area contributed by atoms with Crippen LogP contribution in [0, 0.1) is 0 Å². The van der Waals surface area contributed by atoms with E-state index >= 15 is 0 Å². The van der Waals surface area contributed by atoms with Gasteiger partial charge in [-0.15, -0.1) is 6.58 Å². The van der Waals surface area contributed by atoms with Crippen molar-refractivity contribution in [3.63, 3.8) is 0 Å². The van der Waals surface area contributed by atoms with Crippen LogP contribution >= 0.6 is 0 Å². The van der Waals surface area contributed by atoms with Crippen LogP contribution in [0.1, 0.15) is 76.3 Å². The Morgan fingerprint density at radius 2 is 1.06 bits per heavy atom. The summed E-state index contributed by atoms with van der Waals surface area (Å²) >= 11 is 0. The molecule has 0 fully saturated rings. The fourth-order valence-electron chi connectivity index (χ4n) is 11.8. The lowest BCUT2D eigenvalue weighted by atomic mass is 9.67. The Labute approximate surface area is 503 Å². The number of rotatable bonds is 9. The lowest BCUT2D eigenvalue weighted by Gasteiger charge is -2.35. The van der Waals surface area contributed by atoms with Gasteiger partial charge in [-0.3, -0.25) is 0 Å². The summed E-state index contributed by atoms with van der Waals surface area (Å²) in [7, 11) is 0. The van der Waals surface area contributed by atoms with Gasteiger partial charge in [0.1, 0.15) is 11.2 Å². The molecule has 0 amide bonds. The third-order valence-electron chi connectivity index (χ3n) is 15.7. The average molecular weight is 1100 g/mol. The first-order valence-electron chi connectivity index (χ1n) is 29.5. The molecule has 3 heteroatoms. The van der Waals surface area contributed by atoms with E-state index in [2.05, 4.69) is 293 Å². The summed E-state index contributed by atoms with van der Waals surface area (Å²) in [6.45, 7) is 25.1. The lowest BCUT2D eigenvalue weighted by Crippen LogP contribution is -2.29. The van der Waals surface area contributed by atoms with Crippen molar-refractivity contribution in [2.45, 2.75) is 53.9 Å². The highest BCUT2D eigenvalue weighted by Crippen LogP contribution is 2.58. The van der Waals surface area contributed by atoms with Gasteiger partial charge < -0.3 is 14.6 Å². The molecule has 2 aliphatic rings. The lowest BCUT2D eigenvalue weighted by molar-refractivity contribution is 0.673. The Hall–Kier alpha value is -10.2. The third-order valence-corrected chi connectivity index (χ3v) is 15.7. The van der Waals surface area contributed by atoms with Crippen LogP contribution in [0.15, 0.2) is 303 Å². The molecule has 1 aromatic heterocycles. The van der Waals surface area contributed by atoms with Crippen molar-refractivity contribution < 1.29 is 4.42 Å². The normalized spacial score (nSPS) is 11.8. The van der Waals surface area contributed by atoms with Crippen LogP contribution in [0.2, 0.25) is 0 Å². The molecule has 0 radical (unpaired) electrons. The standard InChI is InChI=1S/C67H44N2O.C5H10.C5H8.C3H6.C2H6/c1-2-43-30-34-51-52-36-33-50(41-60(52)67(59(51)38-43,47-20-9-4-10-21-47)48-22-11-5-12-23-48)69(49-24-13-6-14-25-49)63-37-32-45(44-18-7-3-8-19-44)39-56(63)46-31-35-54-58-42-57-53-26-15-16-28-61(53)68-62-29-17-27-55(65(57)62)66(58)70-64(54)40-46;1-4-5(2)3;1-3-5-4-2;1-3-2;1-2/h2-42,68H,1H2;4H,1-3H3;3-5H,1H2,2H3;3H,1H2,2H3;1-2H3/b;;5-4-;;. The van der Waals surface area contributed by atoms with E-state index in [1.165, 1.54) is 55.5 Å². The van der Waals surface area contributed by atoms with Crippen molar-refractivity contribution in [3.05, 3.63) is 326 Å². The summed E-state index contributed by atoms with van der Waals surface area (Å²) in [6, 6.07) is 88.5. The second-order valence-electron chi connectivity index (χ2n) is 21.0. The number of para-hydroxylation sites is 2. The van der Waals surface area contributed by atoms with Crippen LogP contribution in [0.5, 0.6) is 0 Å². The SMILES string of the molecule is C=C/C=C\C.C=CC.C=Cc1ccc2c(c1)C(c1ccccc1)(c1ccccc1)c1cc(N(c3ccccc3)c3ccc(-c4ccccc4)cc3-c3ccc4c(c3)oc3c5cccc6c5c(cc43)-c3ccccc3N6)ccc1-2.CC.CC=C(C)C. The third kappa shape index (κ3) is 11.1. The molecule has 2 heterocycles. The number of allylic oxidation sites excluding steroid dienone is 6. The van der Waals surface area contributed by atoms with Gasteiger partial charge in [0, 0.05) is 55.4 Å². The number of anilines is 5. The Bertz CT molecular complexity index is 4350. The molecule has 0 unspecified atom stereocenters. The predicted molar refractivity (Wildman–Crippen MR) is 370 cm³/mol. The van der Waals surface area contributed by atoms with Gasteiger partial charge in [-0.1, -0.05) is 239 Å². The van der Waals surface area contributed by atoms with E-state index in [1.54, 1.807) is 12.2 Å². The zero-order valence-corrected chi connectivity index (χ0v) is 50.0. The summed E-state index contributed by atoms with van der Waals surface area (Å²) in [5, 5.41) is 8.19. The molecule has 0 bridgehead atoms. The number of nitrogens with one attached hydrogen (secondary N) is 1. The molecule has 0 atom stereocenters. The van der Waals surface area contributed by atoms with Gasteiger partial charge in [-0.05, 0) is 169 Å². The zero-order chi connectivity index (χ0) is 59.5. The smallest absolute Gasteiger partial charge is 0.143 e. The maximum atomic E-state index is 7.04. The van der Waals surface area contributed by atoms with Crippen LogP contribution in [0.3, 0.4) is 0 Å². The molecule has 3 nitrogen and oxygen atoms in total. The monoisotopic (exact) mass is 1100 g/mol. The van der Waals surface area contributed by atoms with Crippen LogP contribution in [-0.2, 0) is 5.41 Å². The maximum Gasteiger partial charge on any atom is 0.143 e. The van der Waals surface area contributed by atoms with E-state index in [-0.39, 0.29) is 0 Å². The van der Waals surface area contributed by atoms with E-state index in [0.717, 1.165) is 83.6 Å². The topological polar surface area (TPSA) is 28.4 Å². The highest BCUT2D eigenvalue weighted by molar-refractivity contribution is 6.24. The average Bonchev–Trinajstić information content (AvgIpc) is 1.77. The molecule has 0 saturated carbocycles. The van der Waals surface area contributed by atoms with Crippen molar-refractivity contribution in [3.8, 4) is 44.5 Å². The highest BCUT2D eigenvalue weighted by Gasteiger charge is 2.46. The number of nitrogens with zero attached hydrogens (tertiary/aromatic N) is 1. The molecule has 14 rings (SSSR count). The van der Waals surface area contributed by atoms with E-state index < -0.39 is 5.41 Å². The van der Waals surface area contributed by atoms with Gasteiger partial charge in [0.2, 0.25) is 0 Å². The summed E-state index contributed by atoms with van der Waals surface area (Å²) in [5.74, 6) is 0. The van der Waals surface area contributed by atoms with E-state index in [0.29, 0.717) is 0 Å². The number of fused-ring (bicyclic) bond motifs is 9. The summed E-state index contributed by atoms with van der Waals surface area (Å²) in [4.78, 5) is 2.44. The molecular formula is C82H74N2O. The minimum absolute atomic E-state index is 0.598. The van der Waals surface area contributed by atoms with E-state index in [9.17, 15) is 0 Å². The molecule has 1 aliphatic carbocycles. The largest absolute Gasteiger partial charge is 0.455 e. The molecular weight excluding hydrogens is 1030 g/mol. The van der Waals surface area contributed by atoms with Crippen LogP contribution in [-0.4, -0.2) is 0 Å². The second-order valence-corrected chi connectivity index (χ2v) is 21.0. The van der Waals surface area contributed by atoms with Gasteiger partial charge in [0.05, 0.1) is 11.1 Å². The first-order chi connectivity index (χ1) is 41.7. The fraction of sp³-hybridized carbons (Fsp3) is 0.0976. The predicted octanol–water partition coefficient (Wildman–Crippen LogP) is 24.2. The Morgan fingerprint density at radius 3 is 1.68 bits per heavy atom. The van der Waals surface area contributed by atoms with Gasteiger partial charge in [0.25, 0.3) is 0 Å². The summed E-state index contributed by atoms with van der Waals surface area (Å²) in [5.41, 5.74) is 23.3. The van der Waals surface area contributed by atoms with Crippen LogP contribution < -0.4 is 10.2 Å². The van der Waals surface area contributed by atoms with Gasteiger partial charge >= 0.3 is 0 Å². The maximum absolute atomic E-state index is 7.04. The molecule has 11 aromatic carbocycles. The Morgan fingerprint density at radius 1 is 0.471 bits per heavy atom. The second kappa shape index (κ2) is 26.4. The highest BCUT2D eigenvalue weighted by atomic mass is 16.3. The number of furan rings is 1. The van der Waals surface area contributed by atoms with E-state index in [4.69, 9.17) is 4.42 Å². The van der Waals surface area contributed by atoms with Crippen molar-refractivity contribution in [1.82, 2.24) is 0 Å². The summed E-state index contributed by atoms with van der Waals surface area (Å²) in [6.07, 6.45) is 11.4. The van der Waals surface area contributed by atoms with Crippen molar-refractivity contribution >= 4 is 67.2 Å². The zero-order valence-electron chi connectivity index (χ0n) is 50.0. The first-order valence-corrected chi connectivity index (χ1v) is 29.5. The van der Waals surface area contributed by atoms with Crippen molar-refractivity contribution in [2.24, 2.45) is 0 Å². The number of hydrogen-bond acceptors (Lipinski definition) is 3. The minimum Gasteiger partial charge on any atom is -0.455 e. The molecule has 1 aliphatic heterocycles. The fourth-order valence-corrected chi connectivity index (χ4v) is 11.8. The number of hydrogen-bond donors (Lipinski definition) is 1. The van der Waals surface area contributed by atoms with Gasteiger partial charge in [-0.2, -0.15) is 0 Å². The van der Waals surface area contributed by atoms with Crippen molar-refractivity contribution in [1.29, 1.82) is 0 Å². The molecule has 0 saturated heterocycles. The molecule has 12 aromatic rings. The van der Waals surface area contributed by atoms with E-state index in [1.807, 2.05) is 52.8 Å². The Balaban J connectivity index is 0.000000485. The molecule has 1 N–H and O–H groups in total. The summed E-state index contributed by atoms with van der Waals surface area (Å²) < 4.78 is 7.04. The molecule has 0 spiro atoms. The minimum atomic E-state index is -0.598. The Kier molecular flexibility index (Phi) is 18.0. The van der Waals surface area contributed by atoms with Gasteiger partial charge in [-0.25, -0.2) is 0 Å². The van der Waals surface area contributed by atoms with Crippen LogP contribution in [0.25, 0.3) is 83.3 Å². The quantitative estimate of drug-likeness (QED) is 0.115. The van der Waals surface area contributed by atoms with Crippen LogP contribution in [0.4, 0.5) is 28.4 Å². The number of benzene rings is 11. The first kappa shape index (κ1) is 58.0. The van der Waals surface area contributed by atoms with Gasteiger partial charge in [0.15, 0.2) is 0 Å². The molecule has 418 valence electrons. The van der Waals surface area contributed by atoms with Crippen molar-refractivity contribution in [2.75, 3.05) is 10.2 Å².